The van der Waals surface area contributed by atoms with Gasteiger partial charge in [-0.15, -0.1) is 0 Å². The van der Waals surface area contributed by atoms with Gasteiger partial charge in [0, 0.05) is 38.8 Å². The smallest absolute Gasteiger partial charge is 0.274 e. The SMILES string of the molecule is Cc1cnc(C(=O)N(C)Cc2ccc([C@H]3CN(C)C[C@@H]3C(N)=O)cc2)cn1. The first-order chi connectivity index (χ1) is 12.8. The Balaban J connectivity index is 1.67. The van der Waals surface area contributed by atoms with Gasteiger partial charge >= 0.3 is 0 Å². The Morgan fingerprint density at radius 2 is 1.89 bits per heavy atom. The molecule has 0 saturated carbocycles. The third-order valence-corrected chi connectivity index (χ3v) is 5.04. The summed E-state index contributed by atoms with van der Waals surface area (Å²) in [6.45, 7) is 3.81. The molecule has 27 heavy (non-hydrogen) atoms. The molecule has 0 radical (unpaired) electrons. The summed E-state index contributed by atoms with van der Waals surface area (Å²) in [5.41, 5.74) is 8.78. The first-order valence-electron chi connectivity index (χ1n) is 8.96. The highest BCUT2D eigenvalue weighted by atomic mass is 16.2. The molecule has 0 unspecified atom stereocenters. The zero-order chi connectivity index (χ0) is 19.6. The van der Waals surface area contributed by atoms with Crippen LogP contribution in [0.25, 0.3) is 0 Å². The lowest BCUT2D eigenvalue weighted by atomic mass is 9.88. The fraction of sp³-hybridized carbons (Fsp3) is 0.400. The van der Waals surface area contributed by atoms with Crippen molar-refractivity contribution in [3.05, 3.63) is 59.2 Å². The fourth-order valence-electron chi connectivity index (χ4n) is 3.54. The minimum Gasteiger partial charge on any atom is -0.369 e. The summed E-state index contributed by atoms with van der Waals surface area (Å²) in [5, 5.41) is 0. The first-order valence-corrected chi connectivity index (χ1v) is 8.96. The van der Waals surface area contributed by atoms with Gasteiger partial charge in [-0.3, -0.25) is 14.6 Å². The number of aryl methyl sites for hydroxylation is 1. The summed E-state index contributed by atoms with van der Waals surface area (Å²) in [4.78, 5) is 36.2. The summed E-state index contributed by atoms with van der Waals surface area (Å²) in [6, 6.07) is 8.05. The molecule has 1 aliphatic heterocycles. The zero-order valence-electron chi connectivity index (χ0n) is 15.9. The molecule has 7 nitrogen and oxygen atoms in total. The quantitative estimate of drug-likeness (QED) is 0.857. The predicted octanol–water partition coefficient (Wildman–Crippen LogP) is 1.19. The fourth-order valence-corrected chi connectivity index (χ4v) is 3.54. The second-order valence-corrected chi connectivity index (χ2v) is 7.28. The maximum atomic E-state index is 12.5. The van der Waals surface area contributed by atoms with Crippen LogP contribution >= 0.6 is 0 Å². The van der Waals surface area contributed by atoms with Crippen molar-refractivity contribution in [3.8, 4) is 0 Å². The third kappa shape index (κ3) is 4.31. The Labute approximate surface area is 159 Å². The monoisotopic (exact) mass is 367 g/mol. The third-order valence-electron chi connectivity index (χ3n) is 5.04. The van der Waals surface area contributed by atoms with Crippen molar-refractivity contribution in [1.82, 2.24) is 19.8 Å². The summed E-state index contributed by atoms with van der Waals surface area (Å²) in [5.74, 6) is -0.468. The van der Waals surface area contributed by atoms with Crippen LogP contribution in [0.3, 0.4) is 0 Å². The Morgan fingerprint density at radius 1 is 1.19 bits per heavy atom. The molecule has 2 N–H and O–H groups in total. The van der Waals surface area contributed by atoms with E-state index in [2.05, 4.69) is 14.9 Å². The molecule has 0 spiro atoms. The summed E-state index contributed by atoms with van der Waals surface area (Å²) < 4.78 is 0. The average Bonchev–Trinajstić information content (AvgIpc) is 3.04. The maximum absolute atomic E-state index is 12.5. The van der Waals surface area contributed by atoms with Crippen LogP contribution in [0.2, 0.25) is 0 Å². The number of primary amides is 1. The molecule has 1 saturated heterocycles. The molecule has 7 heteroatoms. The van der Waals surface area contributed by atoms with Crippen LogP contribution in [-0.2, 0) is 11.3 Å². The molecule has 2 aromatic rings. The van der Waals surface area contributed by atoms with E-state index in [1.165, 1.54) is 6.20 Å². The van der Waals surface area contributed by atoms with Gasteiger partial charge in [-0.1, -0.05) is 24.3 Å². The van der Waals surface area contributed by atoms with E-state index in [0.29, 0.717) is 18.8 Å². The van der Waals surface area contributed by atoms with E-state index in [-0.39, 0.29) is 23.7 Å². The summed E-state index contributed by atoms with van der Waals surface area (Å²) in [7, 11) is 3.74. The van der Waals surface area contributed by atoms with Crippen molar-refractivity contribution >= 4 is 11.8 Å². The van der Waals surface area contributed by atoms with Crippen LogP contribution in [0.15, 0.2) is 36.7 Å². The second kappa shape index (κ2) is 7.84. The molecule has 0 aliphatic carbocycles. The minimum atomic E-state index is -0.252. The molecule has 142 valence electrons. The molecule has 2 atom stereocenters. The summed E-state index contributed by atoms with van der Waals surface area (Å²) in [6.07, 6.45) is 3.08. The normalized spacial score (nSPS) is 19.8. The Morgan fingerprint density at radius 3 is 2.48 bits per heavy atom. The Bertz CT molecular complexity index is 819. The topological polar surface area (TPSA) is 92.4 Å². The van der Waals surface area contributed by atoms with Gasteiger partial charge in [0.2, 0.25) is 5.91 Å². The van der Waals surface area contributed by atoms with Gasteiger partial charge in [-0.25, -0.2) is 4.98 Å². The lowest BCUT2D eigenvalue weighted by Gasteiger charge is -2.19. The van der Waals surface area contributed by atoms with E-state index in [4.69, 9.17) is 5.73 Å². The van der Waals surface area contributed by atoms with Crippen LogP contribution in [0, 0.1) is 12.8 Å². The number of nitrogens with two attached hydrogens (primary N) is 1. The number of rotatable bonds is 5. The van der Waals surface area contributed by atoms with Crippen molar-refractivity contribution in [2.45, 2.75) is 19.4 Å². The number of carbonyl (C=O) groups excluding carboxylic acids is 2. The van der Waals surface area contributed by atoms with Gasteiger partial charge in [0.1, 0.15) is 5.69 Å². The van der Waals surface area contributed by atoms with Crippen molar-refractivity contribution in [2.24, 2.45) is 11.7 Å². The highest BCUT2D eigenvalue weighted by Crippen LogP contribution is 2.31. The number of aromatic nitrogens is 2. The predicted molar refractivity (Wildman–Crippen MR) is 102 cm³/mol. The Kier molecular flexibility index (Phi) is 5.51. The van der Waals surface area contributed by atoms with E-state index in [1.807, 2.05) is 38.2 Å². The molecular weight excluding hydrogens is 342 g/mol. The van der Waals surface area contributed by atoms with Crippen molar-refractivity contribution < 1.29 is 9.59 Å². The molecule has 1 aromatic heterocycles. The van der Waals surface area contributed by atoms with Gasteiger partial charge < -0.3 is 15.5 Å². The van der Waals surface area contributed by atoms with Gasteiger partial charge in [-0.2, -0.15) is 0 Å². The lowest BCUT2D eigenvalue weighted by Crippen LogP contribution is -2.28. The lowest BCUT2D eigenvalue weighted by molar-refractivity contribution is -0.121. The van der Waals surface area contributed by atoms with Gasteiger partial charge in [-0.05, 0) is 25.1 Å². The van der Waals surface area contributed by atoms with Gasteiger partial charge in [0.15, 0.2) is 0 Å². The van der Waals surface area contributed by atoms with Crippen molar-refractivity contribution in [2.75, 3.05) is 27.2 Å². The molecule has 1 aliphatic rings. The van der Waals surface area contributed by atoms with Gasteiger partial charge in [0.05, 0.1) is 17.8 Å². The Hall–Kier alpha value is -2.80. The molecule has 2 amide bonds. The van der Waals surface area contributed by atoms with Crippen molar-refractivity contribution in [3.63, 3.8) is 0 Å². The van der Waals surface area contributed by atoms with Crippen LogP contribution in [0.4, 0.5) is 0 Å². The standard InChI is InChI=1S/C20H25N5O2/c1-13-8-23-18(9-22-13)20(27)25(3)10-14-4-6-15(7-5-14)16-11-24(2)12-17(16)19(21)26/h4-9,16-17H,10-12H2,1-3H3,(H2,21,26)/t16-,17+/m1/s1. The maximum Gasteiger partial charge on any atom is 0.274 e. The highest BCUT2D eigenvalue weighted by molar-refractivity contribution is 5.91. The largest absolute Gasteiger partial charge is 0.369 e. The van der Waals surface area contributed by atoms with Crippen LogP contribution in [-0.4, -0.2) is 58.8 Å². The van der Waals surface area contributed by atoms with E-state index in [1.54, 1.807) is 18.1 Å². The number of benzene rings is 1. The number of nitrogens with zero attached hydrogens (tertiary/aromatic N) is 4. The van der Waals surface area contributed by atoms with Gasteiger partial charge in [0.25, 0.3) is 5.91 Å². The van der Waals surface area contributed by atoms with Crippen LogP contribution in [0.1, 0.15) is 33.2 Å². The van der Waals surface area contributed by atoms with Crippen LogP contribution in [0.5, 0.6) is 0 Å². The molecule has 1 fully saturated rings. The summed E-state index contributed by atoms with van der Waals surface area (Å²) >= 11 is 0. The molecule has 1 aromatic carbocycles. The number of amides is 2. The van der Waals surface area contributed by atoms with E-state index in [9.17, 15) is 9.59 Å². The zero-order valence-corrected chi connectivity index (χ0v) is 15.9. The van der Waals surface area contributed by atoms with E-state index < -0.39 is 0 Å². The number of likely N-dealkylation sites (N-methyl/N-ethyl adjacent to an activating group) is 1. The highest BCUT2D eigenvalue weighted by Gasteiger charge is 2.35. The van der Waals surface area contributed by atoms with Crippen molar-refractivity contribution in [1.29, 1.82) is 0 Å². The first kappa shape index (κ1) is 19.0. The van der Waals surface area contributed by atoms with E-state index >= 15 is 0 Å². The number of hydrogen-bond acceptors (Lipinski definition) is 5. The number of likely N-dealkylation sites (tertiary alicyclic amines) is 1. The minimum absolute atomic E-state index is 0.115. The molecular formula is C20H25N5O2. The average molecular weight is 367 g/mol. The molecule has 3 rings (SSSR count). The van der Waals surface area contributed by atoms with Crippen LogP contribution < -0.4 is 5.73 Å². The molecule has 0 bridgehead atoms. The second-order valence-electron chi connectivity index (χ2n) is 7.28. The molecule has 2 heterocycles. The number of hydrogen-bond donors (Lipinski definition) is 1. The van der Waals surface area contributed by atoms with E-state index in [0.717, 1.165) is 23.4 Å². The number of carbonyl (C=O) groups is 2.